The number of hydrogen-bond donors (Lipinski definition) is 1. The summed E-state index contributed by atoms with van der Waals surface area (Å²) in [6.45, 7) is 15.2. The minimum Gasteiger partial charge on any atom is -0.416 e. The first-order chi connectivity index (χ1) is 20.6. The standard InChI is InChI=1S/C31H40BClN7O3Si/c1-30(2,3)44(7,8)43-19-31(4)18-40(32-20-41)27-22(16-34)13-21(14-24(27)31)25-9-10-35-29(36-25)37-26-15-23(33)17-39(28(26)42)12-11-38(5)6/h9-10,13-15,17,20H,11-12,18-19H2,1-8H3,(H,35,36,37)/t31-/m1/s1. The molecule has 10 nitrogen and oxygen atoms in total. The van der Waals surface area contributed by atoms with Crippen molar-refractivity contribution in [1.82, 2.24) is 19.4 Å². The van der Waals surface area contributed by atoms with Gasteiger partial charge in [-0.3, -0.25) is 4.79 Å². The molecule has 13 heteroatoms. The number of hydrogen-bond acceptors (Lipinski definition) is 9. The highest BCUT2D eigenvalue weighted by molar-refractivity contribution is 6.74. The summed E-state index contributed by atoms with van der Waals surface area (Å²) in [5, 5.41) is 13.7. The zero-order valence-electron chi connectivity index (χ0n) is 26.7. The monoisotopic (exact) mass is 632 g/mol. The van der Waals surface area contributed by atoms with Crippen LogP contribution in [0.1, 0.15) is 38.8 Å². The molecule has 44 heavy (non-hydrogen) atoms. The lowest BCUT2D eigenvalue weighted by atomic mass is 9.83. The Bertz CT molecular complexity index is 1650. The molecule has 3 aromatic rings. The Labute approximate surface area is 266 Å². The number of carbonyl (C=O) groups excluding carboxylic acids is 1. The number of benzene rings is 1. The Morgan fingerprint density at radius 2 is 2.02 bits per heavy atom. The second-order valence-electron chi connectivity index (χ2n) is 13.3. The number of anilines is 3. The number of rotatable bonds is 11. The fourth-order valence-corrected chi connectivity index (χ4v) is 6.26. The number of halogens is 1. The molecule has 1 aliphatic heterocycles. The van der Waals surface area contributed by atoms with Gasteiger partial charge in [-0.05, 0) is 62.1 Å². The van der Waals surface area contributed by atoms with Crippen LogP contribution in [-0.4, -0.2) is 75.1 Å². The van der Waals surface area contributed by atoms with E-state index in [-0.39, 0.29) is 22.2 Å². The predicted octanol–water partition coefficient (Wildman–Crippen LogP) is 5.04. The number of carbonyl (C=O) groups is 1. The second-order valence-corrected chi connectivity index (χ2v) is 18.6. The first-order valence-corrected chi connectivity index (χ1v) is 17.8. The molecule has 0 aliphatic carbocycles. The van der Waals surface area contributed by atoms with Gasteiger partial charge in [-0.15, -0.1) is 0 Å². The van der Waals surface area contributed by atoms with Gasteiger partial charge in [0.25, 0.3) is 5.56 Å². The van der Waals surface area contributed by atoms with Crippen molar-refractivity contribution in [2.24, 2.45) is 0 Å². The third-order valence-corrected chi connectivity index (χ3v) is 13.2. The summed E-state index contributed by atoms with van der Waals surface area (Å²) in [7, 11) is 3.27. The molecule has 4 rings (SSSR count). The quantitative estimate of drug-likeness (QED) is 0.229. The molecule has 3 heterocycles. The molecular formula is C31H40BClN7O3Si. The van der Waals surface area contributed by atoms with Gasteiger partial charge in [-0.25, -0.2) is 9.97 Å². The number of nitriles is 1. The van der Waals surface area contributed by atoms with Crippen molar-refractivity contribution in [2.45, 2.75) is 57.8 Å². The number of likely N-dealkylation sites (N-methyl/N-ethyl adjacent to an activating group) is 1. The van der Waals surface area contributed by atoms with E-state index in [1.807, 2.05) is 29.9 Å². The minimum atomic E-state index is -2.08. The molecule has 0 unspecified atom stereocenters. The van der Waals surface area contributed by atoms with Crippen molar-refractivity contribution in [2.75, 3.05) is 43.9 Å². The molecule has 0 saturated heterocycles. The molecule has 0 fully saturated rings. The van der Waals surface area contributed by atoms with Gasteiger partial charge in [-0.2, -0.15) is 5.26 Å². The van der Waals surface area contributed by atoms with Crippen LogP contribution in [0.15, 0.2) is 41.5 Å². The average Bonchev–Trinajstić information content (AvgIpc) is 3.23. The first kappa shape index (κ1) is 33.4. The highest BCUT2D eigenvalue weighted by atomic mass is 35.5. The summed E-state index contributed by atoms with van der Waals surface area (Å²) in [6, 6.07) is 9.43. The molecule has 1 radical (unpaired) electrons. The van der Waals surface area contributed by atoms with Crippen molar-refractivity contribution in [1.29, 1.82) is 5.26 Å². The van der Waals surface area contributed by atoms with E-state index in [0.29, 0.717) is 53.8 Å². The topological polar surface area (TPSA) is 116 Å². The van der Waals surface area contributed by atoms with Gasteiger partial charge in [0.15, 0.2) is 8.32 Å². The smallest absolute Gasteiger partial charge is 0.329 e. The maximum Gasteiger partial charge on any atom is 0.329 e. The molecule has 0 saturated carbocycles. The Kier molecular flexibility index (Phi) is 9.75. The Morgan fingerprint density at radius 3 is 2.66 bits per heavy atom. The molecule has 231 valence electrons. The van der Waals surface area contributed by atoms with Crippen molar-refractivity contribution < 1.29 is 9.22 Å². The Balaban J connectivity index is 1.73. The van der Waals surface area contributed by atoms with Crippen molar-refractivity contribution in [3.8, 4) is 17.3 Å². The normalized spacial score (nSPS) is 16.5. The van der Waals surface area contributed by atoms with Crippen LogP contribution in [-0.2, 0) is 21.2 Å². The molecule has 2 aromatic heterocycles. The number of fused-ring (bicyclic) bond motifs is 1. The zero-order chi connectivity index (χ0) is 32.4. The zero-order valence-corrected chi connectivity index (χ0v) is 28.5. The van der Waals surface area contributed by atoms with E-state index in [2.05, 4.69) is 57.2 Å². The number of nitrogens with one attached hydrogen (secondary N) is 1. The van der Waals surface area contributed by atoms with Crippen LogP contribution in [0.2, 0.25) is 23.2 Å². The highest BCUT2D eigenvalue weighted by Gasteiger charge is 2.44. The second kappa shape index (κ2) is 12.9. The molecule has 1 aliphatic rings. The lowest BCUT2D eigenvalue weighted by molar-refractivity contribution is 0.219. The lowest BCUT2D eigenvalue weighted by Crippen LogP contribution is -2.46. The summed E-state index contributed by atoms with van der Waals surface area (Å²) >= 11 is 6.34. The van der Waals surface area contributed by atoms with Gasteiger partial charge in [0, 0.05) is 55.3 Å². The van der Waals surface area contributed by atoms with E-state index in [0.717, 1.165) is 11.7 Å². The van der Waals surface area contributed by atoms with E-state index < -0.39 is 13.7 Å². The summed E-state index contributed by atoms with van der Waals surface area (Å²) in [4.78, 5) is 37.6. The highest BCUT2D eigenvalue weighted by Crippen LogP contribution is 2.46. The van der Waals surface area contributed by atoms with E-state index in [1.165, 1.54) is 7.41 Å². The number of aromatic nitrogens is 3. The van der Waals surface area contributed by atoms with E-state index in [1.54, 1.807) is 35.2 Å². The molecule has 0 bridgehead atoms. The molecule has 1 atom stereocenters. The van der Waals surface area contributed by atoms with Gasteiger partial charge >= 0.3 is 7.41 Å². The van der Waals surface area contributed by atoms with Gasteiger partial charge in [0.05, 0.1) is 16.3 Å². The SMILES string of the molecule is CN(C)CCn1cc(Cl)cc(Nc2nccc(-c3cc(C#N)c4c(c3)[C@@](C)(CO[Si](C)(C)C(C)(C)C)CN4[B]C=O)n2)c1=O. The first-order valence-electron chi connectivity index (χ1n) is 14.5. The summed E-state index contributed by atoms with van der Waals surface area (Å²) in [6.07, 6.45) is 3.96. The largest absolute Gasteiger partial charge is 0.416 e. The maximum absolute atomic E-state index is 13.1. The van der Waals surface area contributed by atoms with E-state index in [4.69, 9.17) is 21.0 Å². The van der Waals surface area contributed by atoms with Crippen LogP contribution in [0.5, 0.6) is 0 Å². The van der Waals surface area contributed by atoms with Gasteiger partial charge in [0.2, 0.25) is 5.95 Å². The number of nitrogens with zero attached hydrogens (tertiary/aromatic N) is 6. The lowest BCUT2D eigenvalue weighted by Gasteiger charge is -2.39. The van der Waals surface area contributed by atoms with Crippen molar-refractivity contribution in [3.05, 3.63) is 63.2 Å². The van der Waals surface area contributed by atoms with Crippen LogP contribution in [0.25, 0.3) is 11.3 Å². The van der Waals surface area contributed by atoms with Crippen LogP contribution in [0.4, 0.5) is 17.3 Å². The fraction of sp³-hybridized carbons (Fsp3) is 0.452. The summed E-state index contributed by atoms with van der Waals surface area (Å²) in [5.74, 6) is 0.222. The summed E-state index contributed by atoms with van der Waals surface area (Å²) in [5.41, 5.74) is 2.87. The molecule has 0 spiro atoms. The van der Waals surface area contributed by atoms with E-state index in [9.17, 15) is 14.9 Å². The molecule has 1 N–H and O–H groups in total. The maximum atomic E-state index is 13.1. The van der Waals surface area contributed by atoms with Crippen LogP contribution < -0.4 is 15.7 Å². The number of pyridine rings is 1. The average molecular weight is 633 g/mol. The van der Waals surface area contributed by atoms with Gasteiger partial charge < -0.3 is 28.8 Å². The van der Waals surface area contributed by atoms with Gasteiger partial charge in [-0.1, -0.05) is 39.3 Å². The van der Waals surface area contributed by atoms with Crippen molar-refractivity contribution in [3.63, 3.8) is 0 Å². The minimum absolute atomic E-state index is 0.0297. The van der Waals surface area contributed by atoms with Crippen LogP contribution >= 0.6 is 11.6 Å². The Hall–Kier alpha value is -3.50. The van der Waals surface area contributed by atoms with Gasteiger partial charge in [0.1, 0.15) is 17.9 Å². The molecule has 1 aromatic carbocycles. The van der Waals surface area contributed by atoms with E-state index >= 15 is 0 Å². The van der Waals surface area contributed by atoms with Crippen molar-refractivity contribution >= 4 is 50.8 Å². The fourth-order valence-electron chi connectivity index (χ4n) is 4.92. The molecular weight excluding hydrogens is 593 g/mol. The predicted molar refractivity (Wildman–Crippen MR) is 180 cm³/mol. The third-order valence-electron chi connectivity index (χ3n) is 8.52. The van der Waals surface area contributed by atoms with Crippen LogP contribution in [0, 0.1) is 11.3 Å². The Morgan fingerprint density at radius 1 is 1.30 bits per heavy atom. The summed E-state index contributed by atoms with van der Waals surface area (Å²) < 4.78 is 8.23. The third kappa shape index (κ3) is 7.07. The molecule has 0 amide bonds. The van der Waals surface area contributed by atoms with Crippen LogP contribution in [0.3, 0.4) is 0 Å².